The first-order valence-electron chi connectivity index (χ1n) is 9.45. The topological polar surface area (TPSA) is 99.9 Å². The van der Waals surface area contributed by atoms with Crippen molar-refractivity contribution < 1.29 is 23.9 Å². The SMILES string of the molecule is COc1ccc(NC(=O)COc2ccc(Oc3cc(C)cc(C)c3)cc2)c([N+](=O)[O-])c1. The Bertz CT molecular complexity index is 1080. The van der Waals surface area contributed by atoms with Gasteiger partial charge in [0.1, 0.15) is 28.7 Å². The molecule has 8 nitrogen and oxygen atoms in total. The van der Waals surface area contributed by atoms with Crippen LogP contribution in [-0.4, -0.2) is 24.5 Å². The van der Waals surface area contributed by atoms with Gasteiger partial charge in [-0.3, -0.25) is 14.9 Å². The molecule has 160 valence electrons. The summed E-state index contributed by atoms with van der Waals surface area (Å²) in [7, 11) is 1.41. The lowest BCUT2D eigenvalue weighted by Gasteiger charge is -2.10. The van der Waals surface area contributed by atoms with E-state index in [1.54, 1.807) is 24.3 Å². The number of nitrogens with one attached hydrogen (secondary N) is 1. The van der Waals surface area contributed by atoms with Crippen LogP contribution in [-0.2, 0) is 4.79 Å². The summed E-state index contributed by atoms with van der Waals surface area (Å²) in [5.74, 6) is 1.64. The lowest BCUT2D eigenvalue weighted by molar-refractivity contribution is -0.384. The van der Waals surface area contributed by atoms with Crippen molar-refractivity contribution >= 4 is 17.3 Å². The number of hydrogen-bond acceptors (Lipinski definition) is 6. The Hall–Kier alpha value is -4.07. The molecule has 1 amide bonds. The standard InChI is InChI=1S/C23H22N2O6/c1-15-10-16(2)12-20(11-15)31-18-6-4-17(5-7-18)30-14-23(26)24-21-9-8-19(29-3)13-22(21)25(27)28/h4-13H,14H2,1-3H3,(H,24,26). The van der Waals surface area contributed by atoms with Gasteiger partial charge in [0.15, 0.2) is 6.61 Å². The van der Waals surface area contributed by atoms with Crippen LogP contribution in [0, 0.1) is 24.0 Å². The average molecular weight is 422 g/mol. The zero-order valence-electron chi connectivity index (χ0n) is 17.4. The minimum atomic E-state index is -0.590. The van der Waals surface area contributed by atoms with E-state index in [0.717, 1.165) is 16.9 Å². The number of nitrogens with zero attached hydrogens (tertiary/aromatic N) is 1. The fourth-order valence-electron chi connectivity index (χ4n) is 2.96. The summed E-state index contributed by atoms with van der Waals surface area (Å²) in [6.07, 6.45) is 0. The number of amides is 1. The lowest BCUT2D eigenvalue weighted by Crippen LogP contribution is -2.20. The zero-order chi connectivity index (χ0) is 22.4. The van der Waals surface area contributed by atoms with Crippen molar-refractivity contribution in [1.82, 2.24) is 0 Å². The van der Waals surface area contributed by atoms with Crippen molar-refractivity contribution in [3.05, 3.63) is 81.9 Å². The molecule has 0 saturated carbocycles. The molecule has 0 aromatic heterocycles. The van der Waals surface area contributed by atoms with E-state index in [1.165, 1.54) is 25.3 Å². The van der Waals surface area contributed by atoms with Crippen LogP contribution in [0.5, 0.6) is 23.0 Å². The van der Waals surface area contributed by atoms with Gasteiger partial charge in [0, 0.05) is 0 Å². The van der Waals surface area contributed by atoms with Crippen LogP contribution in [0.1, 0.15) is 11.1 Å². The van der Waals surface area contributed by atoms with Crippen molar-refractivity contribution in [2.45, 2.75) is 13.8 Å². The number of carbonyl (C=O) groups is 1. The molecule has 3 rings (SSSR count). The average Bonchev–Trinajstić information content (AvgIpc) is 2.72. The fraction of sp³-hybridized carbons (Fsp3) is 0.174. The Kier molecular flexibility index (Phi) is 6.71. The third-order valence-corrected chi connectivity index (χ3v) is 4.30. The Labute approximate surface area is 179 Å². The van der Waals surface area contributed by atoms with Crippen molar-refractivity contribution in [2.24, 2.45) is 0 Å². The zero-order valence-corrected chi connectivity index (χ0v) is 17.4. The monoisotopic (exact) mass is 422 g/mol. The number of anilines is 1. The van der Waals surface area contributed by atoms with Crippen LogP contribution in [0.2, 0.25) is 0 Å². The first-order valence-corrected chi connectivity index (χ1v) is 9.45. The molecule has 0 aliphatic carbocycles. The quantitative estimate of drug-likeness (QED) is 0.404. The molecule has 3 aromatic rings. The van der Waals surface area contributed by atoms with Gasteiger partial charge in [-0.2, -0.15) is 0 Å². The number of ether oxygens (including phenoxy) is 3. The number of carbonyl (C=O) groups excluding carboxylic acids is 1. The second kappa shape index (κ2) is 9.62. The molecular formula is C23H22N2O6. The Morgan fingerprint density at radius 3 is 2.13 bits per heavy atom. The van der Waals surface area contributed by atoms with E-state index in [9.17, 15) is 14.9 Å². The summed E-state index contributed by atoms with van der Waals surface area (Å²) in [6.45, 7) is 3.70. The first-order chi connectivity index (χ1) is 14.8. The minimum absolute atomic E-state index is 0.0663. The number of nitro benzene ring substituents is 1. The third-order valence-electron chi connectivity index (χ3n) is 4.30. The normalized spacial score (nSPS) is 10.3. The molecule has 0 aliphatic heterocycles. The van der Waals surface area contributed by atoms with Crippen LogP contribution in [0.3, 0.4) is 0 Å². The molecule has 0 fully saturated rings. The van der Waals surface area contributed by atoms with Crippen LogP contribution >= 0.6 is 0 Å². The van der Waals surface area contributed by atoms with Gasteiger partial charge in [0.05, 0.1) is 18.1 Å². The minimum Gasteiger partial charge on any atom is -0.496 e. The van der Waals surface area contributed by atoms with Crippen molar-refractivity contribution in [1.29, 1.82) is 0 Å². The Morgan fingerprint density at radius 2 is 1.52 bits per heavy atom. The molecule has 0 radical (unpaired) electrons. The molecule has 0 heterocycles. The van der Waals surface area contributed by atoms with Gasteiger partial charge < -0.3 is 19.5 Å². The predicted molar refractivity (Wildman–Crippen MR) is 116 cm³/mol. The second-order valence-electron chi connectivity index (χ2n) is 6.87. The molecule has 0 bridgehead atoms. The molecule has 0 atom stereocenters. The number of hydrogen-bond donors (Lipinski definition) is 1. The van der Waals surface area contributed by atoms with Crippen LogP contribution in [0.15, 0.2) is 60.7 Å². The second-order valence-corrected chi connectivity index (χ2v) is 6.87. The molecule has 8 heteroatoms. The van der Waals surface area contributed by atoms with Gasteiger partial charge in [-0.15, -0.1) is 0 Å². The van der Waals surface area contributed by atoms with E-state index in [4.69, 9.17) is 14.2 Å². The summed E-state index contributed by atoms with van der Waals surface area (Å²) in [4.78, 5) is 22.8. The maximum atomic E-state index is 12.2. The highest BCUT2D eigenvalue weighted by molar-refractivity contribution is 5.94. The Morgan fingerprint density at radius 1 is 0.903 bits per heavy atom. The van der Waals surface area contributed by atoms with Crippen LogP contribution < -0.4 is 19.5 Å². The molecule has 0 spiro atoms. The van der Waals surface area contributed by atoms with Crippen LogP contribution in [0.4, 0.5) is 11.4 Å². The molecule has 0 saturated heterocycles. The van der Waals surface area contributed by atoms with Gasteiger partial charge in [0.2, 0.25) is 0 Å². The summed E-state index contributed by atoms with van der Waals surface area (Å²) >= 11 is 0. The number of benzene rings is 3. The molecule has 3 aromatic carbocycles. The number of aryl methyl sites for hydroxylation is 2. The largest absolute Gasteiger partial charge is 0.496 e. The molecule has 0 aliphatic rings. The molecule has 31 heavy (non-hydrogen) atoms. The van der Waals surface area contributed by atoms with Gasteiger partial charge in [-0.1, -0.05) is 6.07 Å². The fourth-order valence-corrected chi connectivity index (χ4v) is 2.96. The van der Waals surface area contributed by atoms with Gasteiger partial charge >= 0.3 is 0 Å². The van der Waals surface area contributed by atoms with Gasteiger partial charge in [0.25, 0.3) is 11.6 Å². The highest BCUT2D eigenvalue weighted by Gasteiger charge is 2.17. The summed E-state index contributed by atoms with van der Waals surface area (Å²) in [6, 6.07) is 17.0. The smallest absolute Gasteiger partial charge is 0.296 e. The number of methoxy groups -OCH3 is 1. The van der Waals surface area contributed by atoms with E-state index in [1.807, 2.05) is 26.0 Å². The van der Waals surface area contributed by atoms with E-state index in [-0.39, 0.29) is 18.0 Å². The Balaban J connectivity index is 1.58. The van der Waals surface area contributed by atoms with Gasteiger partial charge in [-0.05, 0) is 73.5 Å². The molecule has 0 unspecified atom stereocenters. The lowest BCUT2D eigenvalue weighted by atomic mass is 10.1. The van der Waals surface area contributed by atoms with E-state index in [0.29, 0.717) is 17.2 Å². The maximum absolute atomic E-state index is 12.2. The van der Waals surface area contributed by atoms with E-state index in [2.05, 4.69) is 11.4 Å². The predicted octanol–water partition coefficient (Wildman–Crippen LogP) is 5.03. The van der Waals surface area contributed by atoms with Crippen molar-refractivity contribution in [3.63, 3.8) is 0 Å². The third kappa shape index (κ3) is 5.96. The van der Waals surface area contributed by atoms with E-state index >= 15 is 0 Å². The van der Waals surface area contributed by atoms with Crippen molar-refractivity contribution in [2.75, 3.05) is 19.0 Å². The highest BCUT2D eigenvalue weighted by atomic mass is 16.6. The summed E-state index contributed by atoms with van der Waals surface area (Å²) in [5.41, 5.74) is 2.02. The highest BCUT2D eigenvalue weighted by Crippen LogP contribution is 2.29. The molecule has 1 N–H and O–H groups in total. The van der Waals surface area contributed by atoms with Crippen LogP contribution in [0.25, 0.3) is 0 Å². The number of rotatable bonds is 8. The molecular weight excluding hydrogens is 400 g/mol. The first kappa shape index (κ1) is 21.6. The summed E-state index contributed by atoms with van der Waals surface area (Å²) < 4.78 is 16.3. The number of nitro groups is 1. The van der Waals surface area contributed by atoms with E-state index < -0.39 is 10.8 Å². The van der Waals surface area contributed by atoms with Gasteiger partial charge in [-0.25, -0.2) is 0 Å². The van der Waals surface area contributed by atoms with Crippen molar-refractivity contribution in [3.8, 4) is 23.0 Å². The summed E-state index contributed by atoms with van der Waals surface area (Å²) in [5, 5.41) is 13.7. The maximum Gasteiger partial charge on any atom is 0.296 e.